The summed E-state index contributed by atoms with van der Waals surface area (Å²) in [5.74, 6) is 0.235. The highest BCUT2D eigenvalue weighted by atomic mass is 16.5. The fraction of sp³-hybridized carbons (Fsp3) is 0.536. The van der Waals surface area contributed by atoms with Gasteiger partial charge in [0.2, 0.25) is 11.8 Å². The first kappa shape index (κ1) is 27.3. The van der Waals surface area contributed by atoms with Crippen LogP contribution in [0.1, 0.15) is 72.9 Å². The number of ether oxygens (including phenoxy) is 2. The van der Waals surface area contributed by atoms with Crippen LogP contribution in [0.4, 0.5) is 0 Å². The van der Waals surface area contributed by atoms with Gasteiger partial charge in [-0.15, -0.1) is 0 Å². The van der Waals surface area contributed by atoms with Crippen molar-refractivity contribution in [3.05, 3.63) is 52.3 Å². The molecule has 1 saturated heterocycles. The number of hydrogen-bond donors (Lipinski definition) is 2. The predicted octanol–water partition coefficient (Wildman–Crippen LogP) is 4.08. The molecule has 0 bridgehead atoms. The zero-order valence-electron chi connectivity index (χ0n) is 22.1. The molecule has 8 heteroatoms. The summed E-state index contributed by atoms with van der Waals surface area (Å²) in [4.78, 5) is 42.8. The first-order chi connectivity index (χ1) is 17.2. The van der Waals surface area contributed by atoms with Gasteiger partial charge in [-0.3, -0.25) is 9.59 Å². The summed E-state index contributed by atoms with van der Waals surface area (Å²) >= 11 is 0. The van der Waals surface area contributed by atoms with Crippen LogP contribution >= 0.6 is 0 Å². The summed E-state index contributed by atoms with van der Waals surface area (Å²) in [6.07, 6.45) is 2.57. The van der Waals surface area contributed by atoms with Crippen molar-refractivity contribution in [2.45, 2.75) is 73.0 Å². The van der Waals surface area contributed by atoms with E-state index >= 15 is 0 Å². The molecule has 1 unspecified atom stereocenters. The van der Waals surface area contributed by atoms with Crippen molar-refractivity contribution < 1.29 is 23.9 Å². The Hall–Kier alpha value is -3.29. The van der Waals surface area contributed by atoms with Gasteiger partial charge >= 0.3 is 5.97 Å². The largest absolute Gasteiger partial charge is 0.491 e. The maximum absolute atomic E-state index is 13.0. The monoisotopic (exact) mass is 497 g/mol. The number of piperidine rings is 1. The van der Waals surface area contributed by atoms with E-state index in [4.69, 9.17) is 9.47 Å². The predicted molar refractivity (Wildman–Crippen MR) is 138 cm³/mol. The average molecular weight is 498 g/mol. The molecular formula is C28H39N3O5. The molecule has 2 amide bonds. The summed E-state index contributed by atoms with van der Waals surface area (Å²) in [6, 6.07) is 7.72. The number of aromatic nitrogens is 1. The van der Waals surface area contributed by atoms with E-state index in [9.17, 15) is 14.4 Å². The van der Waals surface area contributed by atoms with Crippen molar-refractivity contribution in [2.24, 2.45) is 5.92 Å². The molecule has 3 rings (SSSR count). The Labute approximate surface area is 213 Å². The van der Waals surface area contributed by atoms with E-state index in [1.165, 1.54) is 0 Å². The fourth-order valence-electron chi connectivity index (χ4n) is 4.67. The number of hydrogen-bond acceptors (Lipinski definition) is 5. The Kier molecular flexibility index (Phi) is 9.56. The lowest BCUT2D eigenvalue weighted by molar-refractivity contribution is -0.135. The molecule has 0 aliphatic carbocycles. The summed E-state index contributed by atoms with van der Waals surface area (Å²) in [6.45, 7) is 11.4. The quantitative estimate of drug-likeness (QED) is 0.482. The minimum atomic E-state index is -0.375. The number of carbonyl (C=O) groups is 3. The molecule has 0 saturated carbocycles. The van der Waals surface area contributed by atoms with Crippen molar-refractivity contribution in [1.29, 1.82) is 0 Å². The van der Waals surface area contributed by atoms with E-state index in [0.717, 1.165) is 41.0 Å². The highest BCUT2D eigenvalue weighted by Crippen LogP contribution is 2.23. The molecule has 1 aromatic heterocycles. The smallest absolute Gasteiger partial charge is 0.355 e. The van der Waals surface area contributed by atoms with Crippen LogP contribution in [0.5, 0.6) is 5.75 Å². The molecule has 196 valence electrons. The molecule has 2 heterocycles. The number of benzene rings is 1. The Morgan fingerprint density at radius 3 is 2.56 bits per heavy atom. The molecule has 2 N–H and O–H groups in total. The molecule has 1 aliphatic rings. The first-order valence-electron chi connectivity index (χ1n) is 12.9. The van der Waals surface area contributed by atoms with E-state index < -0.39 is 0 Å². The third-order valence-electron chi connectivity index (χ3n) is 6.57. The van der Waals surface area contributed by atoms with E-state index in [1.54, 1.807) is 11.8 Å². The van der Waals surface area contributed by atoms with Gasteiger partial charge in [-0.1, -0.05) is 12.1 Å². The molecule has 0 radical (unpaired) electrons. The number of rotatable bonds is 10. The normalized spacial score (nSPS) is 15.6. The number of carbonyl (C=O) groups excluding carboxylic acids is 3. The van der Waals surface area contributed by atoms with Gasteiger partial charge in [-0.05, 0) is 82.7 Å². The van der Waals surface area contributed by atoms with Gasteiger partial charge in [0.15, 0.2) is 0 Å². The van der Waals surface area contributed by atoms with E-state index in [0.29, 0.717) is 44.8 Å². The Balaban J connectivity index is 1.50. The Morgan fingerprint density at radius 1 is 1.17 bits per heavy atom. The molecule has 1 aliphatic heterocycles. The summed E-state index contributed by atoms with van der Waals surface area (Å²) in [7, 11) is 0. The SMILES string of the molecule is CCOC(=O)c1[nH]c(C)c(CCC(=O)N2CCCC(C(=O)NCc3ccc(OC(C)C)cc3)C2)c1C. The van der Waals surface area contributed by atoms with Gasteiger partial charge in [0, 0.05) is 31.7 Å². The summed E-state index contributed by atoms with van der Waals surface area (Å²) < 4.78 is 10.8. The van der Waals surface area contributed by atoms with Crippen LogP contribution in [0, 0.1) is 19.8 Å². The van der Waals surface area contributed by atoms with Gasteiger partial charge in [-0.2, -0.15) is 0 Å². The van der Waals surface area contributed by atoms with Crippen LogP contribution in [-0.2, 0) is 27.3 Å². The third-order valence-corrected chi connectivity index (χ3v) is 6.57. The van der Waals surface area contributed by atoms with Crippen LogP contribution in [0.25, 0.3) is 0 Å². The average Bonchev–Trinajstić information content (AvgIpc) is 3.14. The van der Waals surface area contributed by atoms with Gasteiger partial charge in [0.05, 0.1) is 18.6 Å². The van der Waals surface area contributed by atoms with Crippen molar-refractivity contribution in [2.75, 3.05) is 19.7 Å². The zero-order valence-corrected chi connectivity index (χ0v) is 22.1. The number of aromatic amines is 1. The molecule has 0 spiro atoms. The zero-order chi connectivity index (χ0) is 26.2. The molecule has 2 aromatic rings. The van der Waals surface area contributed by atoms with Crippen molar-refractivity contribution >= 4 is 17.8 Å². The fourth-order valence-corrected chi connectivity index (χ4v) is 4.67. The highest BCUT2D eigenvalue weighted by Gasteiger charge is 2.28. The van der Waals surface area contributed by atoms with Gasteiger partial charge in [0.1, 0.15) is 11.4 Å². The maximum atomic E-state index is 13.0. The topological polar surface area (TPSA) is 101 Å². The van der Waals surface area contributed by atoms with Crippen LogP contribution in [0.2, 0.25) is 0 Å². The molecule has 1 fully saturated rings. The second-order valence-electron chi connectivity index (χ2n) is 9.66. The first-order valence-corrected chi connectivity index (χ1v) is 12.9. The van der Waals surface area contributed by atoms with Crippen molar-refractivity contribution in [3.8, 4) is 5.75 Å². The Morgan fingerprint density at radius 2 is 1.89 bits per heavy atom. The van der Waals surface area contributed by atoms with Crippen LogP contribution in [0.3, 0.4) is 0 Å². The standard InChI is InChI=1S/C28H39N3O5/c1-6-35-28(34)26-19(4)24(20(5)30-26)13-14-25(32)31-15-7-8-22(17-31)27(33)29-16-21-9-11-23(12-10-21)36-18(2)3/h9-12,18,22,30H,6-8,13-17H2,1-5H3,(H,29,33). The molecule has 1 aromatic carbocycles. The Bertz CT molecular complexity index is 1060. The van der Waals surface area contributed by atoms with E-state index in [1.807, 2.05) is 52.0 Å². The molecular weight excluding hydrogens is 458 g/mol. The van der Waals surface area contributed by atoms with Crippen molar-refractivity contribution in [3.63, 3.8) is 0 Å². The molecule has 1 atom stereocenters. The summed E-state index contributed by atoms with van der Waals surface area (Å²) in [5.41, 5.74) is 4.14. The van der Waals surface area contributed by atoms with Crippen molar-refractivity contribution in [1.82, 2.24) is 15.2 Å². The van der Waals surface area contributed by atoms with Crippen LogP contribution in [-0.4, -0.2) is 53.5 Å². The minimum Gasteiger partial charge on any atom is -0.491 e. The van der Waals surface area contributed by atoms with Gasteiger partial charge in [-0.25, -0.2) is 4.79 Å². The highest BCUT2D eigenvalue weighted by molar-refractivity contribution is 5.90. The number of likely N-dealkylation sites (tertiary alicyclic amines) is 1. The number of nitrogens with zero attached hydrogens (tertiary/aromatic N) is 1. The minimum absolute atomic E-state index is 0.0218. The lowest BCUT2D eigenvalue weighted by Gasteiger charge is -2.32. The number of nitrogens with one attached hydrogen (secondary N) is 2. The second-order valence-corrected chi connectivity index (χ2v) is 9.66. The van der Waals surface area contributed by atoms with Crippen LogP contribution in [0.15, 0.2) is 24.3 Å². The third kappa shape index (κ3) is 7.12. The number of esters is 1. The number of H-pyrrole nitrogens is 1. The van der Waals surface area contributed by atoms with Crippen LogP contribution < -0.4 is 10.1 Å². The van der Waals surface area contributed by atoms with Gasteiger partial charge in [0.25, 0.3) is 0 Å². The molecule has 8 nitrogen and oxygen atoms in total. The lowest BCUT2D eigenvalue weighted by atomic mass is 9.96. The maximum Gasteiger partial charge on any atom is 0.355 e. The van der Waals surface area contributed by atoms with Gasteiger partial charge < -0.3 is 24.7 Å². The number of amides is 2. The lowest BCUT2D eigenvalue weighted by Crippen LogP contribution is -2.45. The summed E-state index contributed by atoms with van der Waals surface area (Å²) in [5, 5.41) is 3.02. The van der Waals surface area contributed by atoms with E-state index in [-0.39, 0.29) is 29.8 Å². The number of aryl methyl sites for hydroxylation is 1. The van der Waals surface area contributed by atoms with E-state index in [2.05, 4.69) is 10.3 Å². The molecule has 36 heavy (non-hydrogen) atoms. The second kappa shape index (κ2) is 12.6.